The first-order valence-electron chi connectivity index (χ1n) is 10.3. The Balaban J connectivity index is 3.75. The Hall–Kier alpha value is -0.260. The van der Waals surface area contributed by atoms with Crippen molar-refractivity contribution in [2.45, 2.75) is 106 Å². The lowest BCUT2D eigenvalue weighted by Crippen LogP contribution is -2.20. The molecule has 0 aliphatic heterocycles. The van der Waals surface area contributed by atoms with Gasteiger partial charge in [-0.2, -0.15) is 0 Å². The van der Waals surface area contributed by atoms with Crippen LogP contribution in [-0.4, -0.2) is 0 Å². The lowest BCUT2D eigenvalue weighted by Gasteiger charge is -2.30. The van der Waals surface area contributed by atoms with E-state index in [1.807, 2.05) is 0 Å². The van der Waals surface area contributed by atoms with Gasteiger partial charge in [-0.05, 0) is 35.5 Å². The van der Waals surface area contributed by atoms with Gasteiger partial charge in [-0.1, -0.05) is 106 Å². The van der Waals surface area contributed by atoms with E-state index >= 15 is 0 Å². The summed E-state index contributed by atoms with van der Waals surface area (Å²) in [5.41, 5.74) is 0.324. The van der Waals surface area contributed by atoms with Crippen LogP contribution in [0.15, 0.2) is 12.7 Å². The van der Waals surface area contributed by atoms with Gasteiger partial charge in [0.25, 0.3) is 0 Å². The average Bonchev–Trinajstić information content (AvgIpc) is 2.46. The van der Waals surface area contributed by atoms with Gasteiger partial charge in [-0.3, -0.25) is 0 Å². The normalized spacial score (nSPS) is 17.3. The first-order valence-corrected chi connectivity index (χ1v) is 10.3. The molecule has 0 saturated heterocycles. The maximum Gasteiger partial charge on any atom is -0.0126 e. The third-order valence-electron chi connectivity index (χ3n) is 6.07. The van der Waals surface area contributed by atoms with Crippen LogP contribution in [0, 0.1) is 29.1 Å². The molecule has 0 aromatic carbocycles. The van der Waals surface area contributed by atoms with Gasteiger partial charge in [0.05, 0.1) is 0 Å². The fourth-order valence-corrected chi connectivity index (χ4v) is 3.44. The van der Waals surface area contributed by atoms with E-state index in [1.165, 1.54) is 57.8 Å². The molecule has 3 atom stereocenters. The average molecular weight is 323 g/mol. The zero-order valence-corrected chi connectivity index (χ0v) is 17.5. The summed E-state index contributed by atoms with van der Waals surface area (Å²) in [6, 6.07) is 0. The summed E-state index contributed by atoms with van der Waals surface area (Å²) in [4.78, 5) is 0. The van der Waals surface area contributed by atoms with Crippen molar-refractivity contribution in [3.05, 3.63) is 12.7 Å². The Kier molecular flexibility index (Phi) is 12.0. The predicted molar refractivity (Wildman–Crippen MR) is 108 cm³/mol. The van der Waals surface area contributed by atoms with Crippen molar-refractivity contribution in [1.82, 2.24) is 0 Å². The molecule has 0 bridgehead atoms. The fourth-order valence-electron chi connectivity index (χ4n) is 3.44. The molecule has 138 valence electrons. The molecule has 0 saturated carbocycles. The van der Waals surface area contributed by atoms with Gasteiger partial charge in [-0.25, -0.2) is 0 Å². The van der Waals surface area contributed by atoms with E-state index in [1.54, 1.807) is 0 Å². The molecule has 0 aliphatic rings. The number of hydrogen-bond donors (Lipinski definition) is 0. The van der Waals surface area contributed by atoms with Crippen molar-refractivity contribution in [3.63, 3.8) is 0 Å². The molecule has 0 N–H and O–H groups in total. The van der Waals surface area contributed by atoms with Gasteiger partial charge in [0.2, 0.25) is 0 Å². The van der Waals surface area contributed by atoms with E-state index in [9.17, 15) is 0 Å². The summed E-state index contributed by atoms with van der Waals surface area (Å²) in [6.45, 7) is 20.6. The summed E-state index contributed by atoms with van der Waals surface area (Å²) < 4.78 is 0. The smallest absolute Gasteiger partial charge is 0.0126 e. The fraction of sp³-hybridized carbons (Fsp3) is 0.913. The van der Waals surface area contributed by atoms with E-state index < -0.39 is 0 Å². The van der Waals surface area contributed by atoms with Gasteiger partial charge in [0, 0.05) is 0 Å². The molecule has 0 aromatic rings. The molecular weight excluding hydrogens is 276 g/mol. The van der Waals surface area contributed by atoms with E-state index in [0.717, 1.165) is 17.8 Å². The largest absolute Gasteiger partial charge is 0.103 e. The zero-order chi connectivity index (χ0) is 17.9. The summed E-state index contributed by atoms with van der Waals surface area (Å²) in [6.07, 6.45) is 14.7. The van der Waals surface area contributed by atoms with Gasteiger partial charge in [-0.15, -0.1) is 6.58 Å². The summed E-state index contributed by atoms with van der Waals surface area (Å²) >= 11 is 0. The Morgan fingerprint density at radius 2 is 1.17 bits per heavy atom. The van der Waals surface area contributed by atoms with Gasteiger partial charge < -0.3 is 0 Å². The Morgan fingerprint density at radius 3 is 1.57 bits per heavy atom. The highest BCUT2D eigenvalue weighted by Gasteiger charge is 2.24. The lowest BCUT2D eigenvalue weighted by atomic mass is 9.75. The minimum absolute atomic E-state index is 0.324. The first-order chi connectivity index (χ1) is 10.7. The molecular formula is C23H46. The van der Waals surface area contributed by atoms with Crippen LogP contribution in [0.3, 0.4) is 0 Å². The van der Waals surface area contributed by atoms with E-state index in [2.05, 4.69) is 61.1 Å². The first kappa shape index (κ1) is 22.7. The second-order valence-corrected chi connectivity index (χ2v) is 9.22. The van der Waals surface area contributed by atoms with E-state index in [4.69, 9.17) is 0 Å². The molecule has 0 aliphatic carbocycles. The van der Waals surface area contributed by atoms with Crippen LogP contribution in [0.4, 0.5) is 0 Å². The van der Waals surface area contributed by atoms with Crippen molar-refractivity contribution < 1.29 is 0 Å². The highest BCUT2D eigenvalue weighted by molar-refractivity contribution is 4.93. The van der Waals surface area contributed by atoms with Gasteiger partial charge >= 0.3 is 0 Å². The van der Waals surface area contributed by atoms with Crippen LogP contribution >= 0.6 is 0 Å². The molecule has 0 spiro atoms. The van der Waals surface area contributed by atoms with Crippen LogP contribution in [0.5, 0.6) is 0 Å². The number of rotatable bonds is 14. The minimum atomic E-state index is 0.324. The Bertz CT molecular complexity index is 288. The Morgan fingerprint density at radius 1 is 0.739 bits per heavy atom. The summed E-state index contributed by atoms with van der Waals surface area (Å²) in [5.74, 6) is 3.38. The zero-order valence-electron chi connectivity index (χ0n) is 17.5. The van der Waals surface area contributed by atoms with Crippen molar-refractivity contribution in [2.75, 3.05) is 0 Å². The SMILES string of the molecule is C=CC(C)(CCCC(C)CCCC(C)CCCC(C)C)C(C)C. The molecule has 0 amide bonds. The molecule has 0 heterocycles. The molecule has 3 unspecified atom stereocenters. The van der Waals surface area contributed by atoms with Crippen LogP contribution in [-0.2, 0) is 0 Å². The van der Waals surface area contributed by atoms with E-state index in [0.29, 0.717) is 11.3 Å². The van der Waals surface area contributed by atoms with Gasteiger partial charge in [0.1, 0.15) is 0 Å². The van der Waals surface area contributed by atoms with Crippen LogP contribution < -0.4 is 0 Å². The maximum absolute atomic E-state index is 4.06. The minimum Gasteiger partial charge on any atom is -0.103 e. The van der Waals surface area contributed by atoms with Crippen molar-refractivity contribution in [2.24, 2.45) is 29.1 Å². The number of hydrogen-bond acceptors (Lipinski definition) is 0. The molecule has 0 nitrogen and oxygen atoms in total. The van der Waals surface area contributed by atoms with Gasteiger partial charge in [0.15, 0.2) is 0 Å². The molecule has 0 radical (unpaired) electrons. The number of allylic oxidation sites excluding steroid dienone is 1. The second-order valence-electron chi connectivity index (χ2n) is 9.22. The molecule has 0 aromatic heterocycles. The van der Waals surface area contributed by atoms with E-state index in [-0.39, 0.29) is 0 Å². The van der Waals surface area contributed by atoms with Crippen molar-refractivity contribution in [1.29, 1.82) is 0 Å². The molecule has 23 heavy (non-hydrogen) atoms. The third kappa shape index (κ3) is 11.0. The quantitative estimate of drug-likeness (QED) is 0.282. The highest BCUT2D eigenvalue weighted by atomic mass is 14.3. The lowest BCUT2D eigenvalue weighted by molar-refractivity contribution is 0.257. The predicted octanol–water partition coefficient (Wildman–Crippen LogP) is 8.27. The van der Waals surface area contributed by atoms with Crippen molar-refractivity contribution in [3.8, 4) is 0 Å². The summed E-state index contributed by atoms with van der Waals surface area (Å²) in [5, 5.41) is 0. The standard InChI is InChI=1S/C23H46/c1-9-23(8,20(4)5)18-12-17-22(7)16-11-15-21(6)14-10-13-19(2)3/h9,19-22H,1,10-18H2,2-8H3. The maximum atomic E-state index is 4.06. The van der Waals surface area contributed by atoms with Crippen molar-refractivity contribution >= 4 is 0 Å². The molecule has 0 rings (SSSR count). The Labute approximate surface area is 148 Å². The van der Waals surface area contributed by atoms with Crippen LogP contribution in [0.1, 0.15) is 106 Å². The highest BCUT2D eigenvalue weighted by Crippen LogP contribution is 2.34. The molecule has 0 heteroatoms. The third-order valence-corrected chi connectivity index (χ3v) is 6.07. The topological polar surface area (TPSA) is 0 Å². The monoisotopic (exact) mass is 322 g/mol. The second kappa shape index (κ2) is 12.2. The molecule has 0 fully saturated rings. The van der Waals surface area contributed by atoms with Crippen LogP contribution in [0.2, 0.25) is 0 Å². The van der Waals surface area contributed by atoms with Crippen LogP contribution in [0.25, 0.3) is 0 Å². The summed E-state index contributed by atoms with van der Waals surface area (Å²) in [7, 11) is 0.